The van der Waals surface area contributed by atoms with E-state index < -0.39 is 30.0 Å². The van der Waals surface area contributed by atoms with E-state index in [1.165, 1.54) is 0 Å². The molecule has 0 aliphatic heterocycles. The molecule has 0 aromatic carbocycles. The Morgan fingerprint density at radius 1 is 1.54 bits per heavy atom. The zero-order chi connectivity index (χ0) is 10.0. The number of nitrogens with zero attached hydrogens (tertiary/aromatic N) is 1. The Balaban J connectivity index is 3.35. The molecule has 1 aromatic rings. The summed E-state index contributed by atoms with van der Waals surface area (Å²) >= 11 is 2.75. The maximum Gasteiger partial charge on any atom is 0.266 e. The van der Waals surface area contributed by atoms with Gasteiger partial charge in [-0.3, -0.25) is 0 Å². The minimum absolute atomic E-state index is 0.145. The molecule has 0 aliphatic rings. The fourth-order valence-corrected chi connectivity index (χ4v) is 1.41. The predicted octanol–water partition coefficient (Wildman–Crippen LogP) is 2.41. The first-order valence-electron chi connectivity index (χ1n) is 3.29. The minimum atomic E-state index is -2.86. The Morgan fingerprint density at radius 3 is 2.54 bits per heavy atom. The number of pyridine rings is 1. The molecule has 13 heavy (non-hydrogen) atoms. The SMILES string of the molecule is OCc1c(F)cnc(Br)c1C(F)F. The highest BCUT2D eigenvalue weighted by Gasteiger charge is 2.20. The molecule has 0 amide bonds. The molecule has 1 heterocycles. The zero-order valence-electron chi connectivity index (χ0n) is 6.27. The molecular formula is C7H5BrF3NO. The standard InChI is InChI=1S/C7H5BrF3NO/c8-6-5(7(10)11)3(2-13)4(9)1-12-6/h1,7,13H,2H2. The van der Waals surface area contributed by atoms with Crippen molar-refractivity contribution in [1.82, 2.24) is 4.98 Å². The molecule has 72 valence electrons. The third-order valence-electron chi connectivity index (χ3n) is 1.50. The second kappa shape index (κ2) is 4.06. The van der Waals surface area contributed by atoms with Crippen molar-refractivity contribution in [1.29, 1.82) is 0 Å². The molecule has 0 fully saturated rings. The van der Waals surface area contributed by atoms with E-state index in [9.17, 15) is 13.2 Å². The van der Waals surface area contributed by atoms with Crippen molar-refractivity contribution in [3.05, 3.63) is 27.7 Å². The normalized spacial score (nSPS) is 10.9. The highest BCUT2D eigenvalue weighted by Crippen LogP contribution is 2.30. The molecule has 0 saturated carbocycles. The van der Waals surface area contributed by atoms with Gasteiger partial charge in [0.15, 0.2) is 0 Å². The average molecular weight is 256 g/mol. The van der Waals surface area contributed by atoms with Gasteiger partial charge in [-0.1, -0.05) is 0 Å². The van der Waals surface area contributed by atoms with E-state index in [4.69, 9.17) is 5.11 Å². The quantitative estimate of drug-likeness (QED) is 0.824. The van der Waals surface area contributed by atoms with Gasteiger partial charge < -0.3 is 5.11 Å². The van der Waals surface area contributed by atoms with Crippen LogP contribution in [0.4, 0.5) is 13.2 Å². The van der Waals surface area contributed by atoms with Crippen LogP contribution in [0.5, 0.6) is 0 Å². The van der Waals surface area contributed by atoms with E-state index in [1.54, 1.807) is 0 Å². The summed E-state index contributed by atoms with van der Waals surface area (Å²) in [6, 6.07) is 0. The Bertz CT molecular complexity index is 319. The lowest BCUT2D eigenvalue weighted by Crippen LogP contribution is -2.01. The van der Waals surface area contributed by atoms with Crippen LogP contribution in [0.15, 0.2) is 10.8 Å². The molecular weight excluding hydrogens is 251 g/mol. The number of rotatable bonds is 2. The molecule has 1 rings (SSSR count). The average Bonchev–Trinajstić information content (AvgIpc) is 2.07. The lowest BCUT2D eigenvalue weighted by atomic mass is 10.1. The summed E-state index contributed by atoms with van der Waals surface area (Å²) in [6.07, 6.45) is -2.08. The summed E-state index contributed by atoms with van der Waals surface area (Å²) in [7, 11) is 0. The van der Waals surface area contributed by atoms with Gasteiger partial charge in [-0.05, 0) is 15.9 Å². The number of halogens is 4. The van der Waals surface area contributed by atoms with Crippen molar-refractivity contribution >= 4 is 15.9 Å². The number of aliphatic hydroxyl groups excluding tert-OH is 1. The van der Waals surface area contributed by atoms with Gasteiger partial charge in [-0.25, -0.2) is 18.2 Å². The van der Waals surface area contributed by atoms with Crippen LogP contribution in [0.3, 0.4) is 0 Å². The van der Waals surface area contributed by atoms with Crippen molar-refractivity contribution in [3.8, 4) is 0 Å². The van der Waals surface area contributed by atoms with Crippen LogP contribution in [0.2, 0.25) is 0 Å². The molecule has 0 spiro atoms. The monoisotopic (exact) mass is 255 g/mol. The summed E-state index contributed by atoms with van der Waals surface area (Å²) in [6.45, 7) is -0.771. The Kier molecular flexibility index (Phi) is 3.27. The van der Waals surface area contributed by atoms with Crippen LogP contribution < -0.4 is 0 Å². The number of hydrogen-bond acceptors (Lipinski definition) is 2. The summed E-state index contributed by atoms with van der Waals surface area (Å²) < 4.78 is 37.3. The topological polar surface area (TPSA) is 33.1 Å². The molecule has 0 bridgehead atoms. The first kappa shape index (κ1) is 10.5. The van der Waals surface area contributed by atoms with E-state index in [2.05, 4.69) is 20.9 Å². The summed E-state index contributed by atoms with van der Waals surface area (Å²) in [5.74, 6) is -0.930. The van der Waals surface area contributed by atoms with Crippen molar-refractivity contribution in [2.24, 2.45) is 0 Å². The fourth-order valence-electron chi connectivity index (χ4n) is 0.896. The highest BCUT2D eigenvalue weighted by atomic mass is 79.9. The number of aliphatic hydroxyl groups is 1. The maximum atomic E-state index is 12.8. The smallest absolute Gasteiger partial charge is 0.266 e. The lowest BCUT2D eigenvalue weighted by molar-refractivity contribution is 0.144. The molecule has 1 aromatic heterocycles. The van der Waals surface area contributed by atoms with Crippen LogP contribution >= 0.6 is 15.9 Å². The van der Waals surface area contributed by atoms with Crippen molar-refractivity contribution in [2.75, 3.05) is 0 Å². The van der Waals surface area contributed by atoms with Crippen LogP contribution in [0, 0.1) is 5.82 Å². The number of alkyl halides is 2. The van der Waals surface area contributed by atoms with Crippen molar-refractivity contribution in [2.45, 2.75) is 13.0 Å². The minimum Gasteiger partial charge on any atom is -0.392 e. The molecule has 6 heteroatoms. The Labute approximate surface area is 80.5 Å². The van der Waals surface area contributed by atoms with E-state index in [0.717, 1.165) is 6.20 Å². The van der Waals surface area contributed by atoms with Crippen LogP contribution in [0.1, 0.15) is 17.6 Å². The number of hydrogen-bond donors (Lipinski definition) is 1. The molecule has 2 nitrogen and oxygen atoms in total. The molecule has 0 unspecified atom stereocenters. The van der Waals surface area contributed by atoms with E-state index in [0.29, 0.717) is 0 Å². The van der Waals surface area contributed by atoms with Crippen LogP contribution in [-0.4, -0.2) is 10.1 Å². The van der Waals surface area contributed by atoms with E-state index in [1.807, 2.05) is 0 Å². The molecule has 0 aliphatic carbocycles. The Morgan fingerprint density at radius 2 is 2.15 bits per heavy atom. The van der Waals surface area contributed by atoms with Gasteiger partial charge >= 0.3 is 0 Å². The van der Waals surface area contributed by atoms with E-state index in [-0.39, 0.29) is 4.60 Å². The third kappa shape index (κ3) is 2.00. The molecule has 0 atom stereocenters. The summed E-state index contributed by atoms with van der Waals surface area (Å²) in [4.78, 5) is 3.36. The fraction of sp³-hybridized carbons (Fsp3) is 0.286. The van der Waals surface area contributed by atoms with Gasteiger partial charge in [0.25, 0.3) is 6.43 Å². The van der Waals surface area contributed by atoms with Crippen molar-refractivity contribution in [3.63, 3.8) is 0 Å². The third-order valence-corrected chi connectivity index (χ3v) is 2.14. The molecule has 0 radical (unpaired) electrons. The maximum absolute atomic E-state index is 12.8. The Hall–Kier alpha value is -0.620. The largest absolute Gasteiger partial charge is 0.392 e. The highest BCUT2D eigenvalue weighted by molar-refractivity contribution is 9.10. The second-order valence-electron chi connectivity index (χ2n) is 2.25. The van der Waals surface area contributed by atoms with Gasteiger partial charge in [-0.2, -0.15) is 0 Å². The van der Waals surface area contributed by atoms with Gasteiger partial charge in [-0.15, -0.1) is 0 Å². The zero-order valence-corrected chi connectivity index (χ0v) is 7.85. The van der Waals surface area contributed by atoms with E-state index >= 15 is 0 Å². The first-order valence-corrected chi connectivity index (χ1v) is 4.09. The number of aromatic nitrogens is 1. The first-order chi connectivity index (χ1) is 6.07. The molecule has 1 N–H and O–H groups in total. The second-order valence-corrected chi connectivity index (χ2v) is 3.00. The van der Waals surface area contributed by atoms with Gasteiger partial charge in [0.05, 0.1) is 18.4 Å². The van der Waals surface area contributed by atoms with Crippen LogP contribution in [-0.2, 0) is 6.61 Å². The predicted molar refractivity (Wildman–Crippen MR) is 42.8 cm³/mol. The lowest BCUT2D eigenvalue weighted by Gasteiger charge is -2.08. The van der Waals surface area contributed by atoms with Gasteiger partial charge in [0.2, 0.25) is 0 Å². The van der Waals surface area contributed by atoms with Gasteiger partial charge in [0, 0.05) is 5.56 Å². The van der Waals surface area contributed by atoms with Crippen LogP contribution in [0.25, 0.3) is 0 Å². The van der Waals surface area contributed by atoms with Gasteiger partial charge in [0.1, 0.15) is 10.4 Å². The summed E-state index contributed by atoms with van der Waals surface area (Å²) in [5.41, 5.74) is -1.01. The molecule has 0 saturated heterocycles. The summed E-state index contributed by atoms with van der Waals surface area (Å²) in [5, 5.41) is 8.65. The van der Waals surface area contributed by atoms with Crippen molar-refractivity contribution < 1.29 is 18.3 Å².